The number of nitrogens with one attached hydrogen (secondary N) is 1. The Balaban J connectivity index is 1.50. The minimum atomic E-state index is -2.84. The van der Waals surface area contributed by atoms with Crippen LogP contribution in [0.4, 0.5) is 0 Å². The Hall–Kier alpha value is -0.640. The van der Waals surface area contributed by atoms with E-state index in [0.717, 1.165) is 42.9 Å². The van der Waals surface area contributed by atoms with Crippen molar-refractivity contribution < 1.29 is 18.1 Å². The molecule has 0 bridgehead atoms. The van der Waals surface area contributed by atoms with Crippen molar-refractivity contribution in [3.63, 3.8) is 0 Å². The Morgan fingerprint density at radius 3 is 2.88 bits per heavy atom. The third-order valence-corrected chi connectivity index (χ3v) is 8.13. The van der Waals surface area contributed by atoms with E-state index in [4.69, 9.17) is 4.74 Å². The first-order valence-corrected chi connectivity index (χ1v) is 12.3. The maximum absolute atomic E-state index is 11.6. The van der Waals surface area contributed by atoms with E-state index in [0.29, 0.717) is 18.1 Å². The average molecular weight is 404 g/mol. The fourth-order valence-electron chi connectivity index (χ4n) is 3.83. The summed E-state index contributed by atoms with van der Waals surface area (Å²) in [5.74, 6) is 3.24. The molecule has 0 aliphatic carbocycles. The maximum atomic E-state index is 11.6. The molecular formula is C17H31N4O3S2+. The smallest absolute Gasteiger partial charge is 0.191 e. The molecule has 3 atom stereocenters. The molecule has 2 saturated heterocycles. The lowest BCUT2D eigenvalue weighted by atomic mass is 10.1. The largest absolute Gasteiger partial charge is 0.366 e. The molecule has 7 nitrogen and oxygen atoms in total. The van der Waals surface area contributed by atoms with Gasteiger partial charge in [-0.1, -0.05) is 25.6 Å². The number of hydrogen-bond acceptors (Lipinski definition) is 6. The molecule has 26 heavy (non-hydrogen) atoms. The zero-order valence-corrected chi connectivity index (χ0v) is 17.6. The van der Waals surface area contributed by atoms with Crippen molar-refractivity contribution in [2.24, 2.45) is 18.9 Å². The van der Waals surface area contributed by atoms with E-state index in [1.807, 2.05) is 11.6 Å². The van der Waals surface area contributed by atoms with Crippen LogP contribution in [0.3, 0.4) is 0 Å². The monoisotopic (exact) mass is 403 g/mol. The Morgan fingerprint density at radius 2 is 2.19 bits per heavy atom. The zero-order valence-electron chi connectivity index (χ0n) is 16.0. The third-order valence-electron chi connectivity index (χ3n) is 5.14. The molecule has 2 aliphatic heterocycles. The van der Waals surface area contributed by atoms with Gasteiger partial charge in [0.25, 0.3) is 0 Å². The molecule has 1 aromatic heterocycles. The molecule has 0 saturated carbocycles. The van der Waals surface area contributed by atoms with Crippen LogP contribution in [0.5, 0.6) is 0 Å². The maximum Gasteiger partial charge on any atom is 0.191 e. The standard InChI is InChI=1S/C17H30N4O3S2/c1-13(2)9-21-5-6-24-15(10-21)11-25-17-19-18-16(20(17)3)8-14-4-7-26(22,23)12-14/h13-15H,4-12H2,1-3H3/p+1/t14-,15+/m0/s1. The lowest BCUT2D eigenvalue weighted by Gasteiger charge is -2.30. The first-order chi connectivity index (χ1) is 12.3. The highest BCUT2D eigenvalue weighted by Gasteiger charge is 2.30. The van der Waals surface area contributed by atoms with Gasteiger partial charge < -0.3 is 14.2 Å². The van der Waals surface area contributed by atoms with Crippen LogP contribution in [0.2, 0.25) is 0 Å². The van der Waals surface area contributed by atoms with Crippen LogP contribution >= 0.6 is 11.8 Å². The lowest BCUT2D eigenvalue weighted by molar-refractivity contribution is -0.914. The zero-order chi connectivity index (χ0) is 18.7. The minimum absolute atomic E-state index is 0.176. The topological polar surface area (TPSA) is 78.5 Å². The molecule has 2 aliphatic rings. The summed E-state index contributed by atoms with van der Waals surface area (Å²) in [5, 5.41) is 9.50. The normalized spacial score (nSPS) is 28.7. The summed E-state index contributed by atoms with van der Waals surface area (Å²) in [6.07, 6.45) is 1.68. The molecule has 0 radical (unpaired) electrons. The number of thioether (sulfide) groups is 1. The fourth-order valence-corrected chi connectivity index (χ4v) is 6.64. The van der Waals surface area contributed by atoms with Gasteiger partial charge in [-0.3, -0.25) is 0 Å². The predicted octanol–water partition coefficient (Wildman–Crippen LogP) is -0.176. The van der Waals surface area contributed by atoms with Crippen LogP contribution in [0.15, 0.2) is 5.16 Å². The quantitative estimate of drug-likeness (QED) is 0.637. The van der Waals surface area contributed by atoms with E-state index in [9.17, 15) is 8.42 Å². The molecule has 1 aromatic rings. The summed E-state index contributed by atoms with van der Waals surface area (Å²) in [4.78, 5) is 1.62. The van der Waals surface area contributed by atoms with Gasteiger partial charge >= 0.3 is 0 Å². The molecule has 0 aromatic carbocycles. The average Bonchev–Trinajstić information content (AvgIpc) is 3.08. The molecule has 3 heterocycles. The van der Waals surface area contributed by atoms with E-state index in [1.165, 1.54) is 6.54 Å². The van der Waals surface area contributed by atoms with Crippen molar-refractivity contribution in [1.82, 2.24) is 14.8 Å². The Kier molecular flexibility index (Phi) is 6.63. The van der Waals surface area contributed by atoms with Gasteiger partial charge in [0.15, 0.2) is 15.0 Å². The summed E-state index contributed by atoms with van der Waals surface area (Å²) in [6, 6.07) is 0. The number of morpholine rings is 1. The van der Waals surface area contributed by atoms with Crippen LogP contribution in [-0.4, -0.2) is 72.8 Å². The summed E-state index contributed by atoms with van der Waals surface area (Å²) >= 11 is 1.69. The van der Waals surface area contributed by atoms with Gasteiger partial charge in [-0.25, -0.2) is 8.42 Å². The SMILES string of the molecule is CC(C)C[NH+]1CCO[C@@H](CSc2nnc(C[C@@H]3CCS(=O)(=O)C3)n2C)C1. The van der Waals surface area contributed by atoms with Gasteiger partial charge in [0.05, 0.1) is 24.7 Å². The van der Waals surface area contributed by atoms with Crippen molar-refractivity contribution >= 4 is 21.6 Å². The second kappa shape index (κ2) is 8.58. The first-order valence-electron chi connectivity index (χ1n) is 9.49. The van der Waals surface area contributed by atoms with E-state index < -0.39 is 9.84 Å². The minimum Gasteiger partial charge on any atom is -0.366 e. The Bertz CT molecular complexity index is 705. The van der Waals surface area contributed by atoms with Gasteiger partial charge in [0, 0.05) is 25.1 Å². The molecular weight excluding hydrogens is 372 g/mol. The number of hydrogen-bond donors (Lipinski definition) is 1. The van der Waals surface area contributed by atoms with Gasteiger partial charge in [0.1, 0.15) is 25.0 Å². The summed E-state index contributed by atoms with van der Waals surface area (Å²) in [5.41, 5.74) is 0. The molecule has 2 fully saturated rings. The van der Waals surface area contributed by atoms with Crippen LogP contribution in [0.1, 0.15) is 26.1 Å². The molecule has 0 amide bonds. The molecule has 1 unspecified atom stereocenters. The second-order valence-corrected chi connectivity index (χ2v) is 11.3. The molecule has 0 spiro atoms. The van der Waals surface area contributed by atoms with Crippen LogP contribution in [0, 0.1) is 11.8 Å². The predicted molar refractivity (Wildman–Crippen MR) is 102 cm³/mol. The highest BCUT2D eigenvalue weighted by molar-refractivity contribution is 7.99. The lowest BCUT2D eigenvalue weighted by Crippen LogP contribution is -3.15. The Morgan fingerprint density at radius 1 is 1.38 bits per heavy atom. The number of aromatic nitrogens is 3. The summed E-state index contributed by atoms with van der Waals surface area (Å²) in [6.45, 7) is 8.70. The van der Waals surface area contributed by atoms with Gasteiger partial charge in [0.2, 0.25) is 0 Å². The van der Waals surface area contributed by atoms with Crippen molar-refractivity contribution in [1.29, 1.82) is 0 Å². The van der Waals surface area contributed by atoms with Crippen molar-refractivity contribution in [3.05, 3.63) is 5.82 Å². The van der Waals surface area contributed by atoms with Gasteiger partial charge in [-0.05, 0) is 12.3 Å². The van der Waals surface area contributed by atoms with E-state index in [-0.39, 0.29) is 17.8 Å². The summed E-state index contributed by atoms with van der Waals surface area (Å²) < 4.78 is 31.2. The first kappa shape index (κ1) is 20.1. The molecule has 9 heteroatoms. The van der Waals surface area contributed by atoms with E-state index in [1.54, 1.807) is 16.7 Å². The molecule has 3 rings (SSSR count). The van der Waals surface area contributed by atoms with E-state index >= 15 is 0 Å². The van der Waals surface area contributed by atoms with Crippen LogP contribution < -0.4 is 4.90 Å². The molecule has 1 N–H and O–H groups in total. The second-order valence-electron chi connectivity index (χ2n) is 8.04. The number of quaternary nitrogens is 1. The fraction of sp³-hybridized carbons (Fsp3) is 0.882. The third kappa shape index (κ3) is 5.43. The Labute approximate surface area is 160 Å². The van der Waals surface area contributed by atoms with Crippen molar-refractivity contribution in [2.45, 2.75) is 37.9 Å². The van der Waals surface area contributed by atoms with Crippen LogP contribution in [0.25, 0.3) is 0 Å². The molecule has 148 valence electrons. The van der Waals surface area contributed by atoms with Crippen molar-refractivity contribution in [3.8, 4) is 0 Å². The van der Waals surface area contributed by atoms with E-state index in [2.05, 4.69) is 24.0 Å². The van der Waals surface area contributed by atoms with Crippen molar-refractivity contribution in [2.75, 3.05) is 43.5 Å². The van der Waals surface area contributed by atoms with Gasteiger partial charge in [-0.15, -0.1) is 10.2 Å². The van der Waals surface area contributed by atoms with Gasteiger partial charge in [-0.2, -0.15) is 0 Å². The number of rotatable bonds is 7. The summed E-state index contributed by atoms with van der Waals surface area (Å²) in [7, 11) is -0.871. The number of nitrogens with zero attached hydrogens (tertiary/aromatic N) is 3. The van der Waals surface area contributed by atoms with Crippen LogP contribution in [-0.2, 0) is 28.0 Å². The number of ether oxygens (including phenoxy) is 1. The highest BCUT2D eigenvalue weighted by atomic mass is 32.2. The highest BCUT2D eigenvalue weighted by Crippen LogP contribution is 2.24. The number of sulfone groups is 1.